The van der Waals surface area contributed by atoms with Gasteiger partial charge in [0.2, 0.25) is 0 Å². The fourth-order valence-electron chi connectivity index (χ4n) is 4.81. The molecular formula is C21H41N5O. The van der Waals surface area contributed by atoms with Gasteiger partial charge in [0.1, 0.15) is 0 Å². The summed E-state index contributed by atoms with van der Waals surface area (Å²) in [6.07, 6.45) is 9.44. The molecule has 0 aromatic heterocycles. The van der Waals surface area contributed by atoms with E-state index in [2.05, 4.69) is 34.0 Å². The molecule has 2 aliphatic heterocycles. The first-order chi connectivity index (χ1) is 13.3. The molecular weight excluding hydrogens is 338 g/mol. The number of nitrogens with one attached hydrogen (secondary N) is 1. The number of rotatable bonds is 7. The Hall–Kier alpha value is -0.850. The maximum atomic E-state index is 5.51. The second-order valence-electron chi connectivity index (χ2n) is 8.40. The highest BCUT2D eigenvalue weighted by molar-refractivity contribution is 5.80. The molecule has 1 saturated carbocycles. The van der Waals surface area contributed by atoms with Crippen LogP contribution in [0.5, 0.6) is 0 Å². The lowest BCUT2D eigenvalue weighted by Crippen LogP contribution is -2.46. The van der Waals surface area contributed by atoms with Crippen LogP contribution in [-0.4, -0.2) is 98.8 Å². The van der Waals surface area contributed by atoms with E-state index in [0.29, 0.717) is 6.04 Å². The molecule has 0 radical (unpaired) electrons. The predicted molar refractivity (Wildman–Crippen MR) is 112 cm³/mol. The lowest BCUT2D eigenvalue weighted by Gasteiger charge is -2.32. The van der Waals surface area contributed by atoms with Crippen molar-refractivity contribution in [3.63, 3.8) is 0 Å². The van der Waals surface area contributed by atoms with Crippen molar-refractivity contribution in [3.8, 4) is 0 Å². The largest absolute Gasteiger partial charge is 0.379 e. The third kappa shape index (κ3) is 6.33. The average Bonchev–Trinajstić information content (AvgIpc) is 3.21. The Morgan fingerprint density at radius 2 is 1.89 bits per heavy atom. The van der Waals surface area contributed by atoms with E-state index in [-0.39, 0.29) is 0 Å². The van der Waals surface area contributed by atoms with Crippen LogP contribution in [0.15, 0.2) is 4.99 Å². The number of guanidine groups is 1. The van der Waals surface area contributed by atoms with E-state index in [0.717, 1.165) is 70.9 Å². The Morgan fingerprint density at radius 3 is 2.63 bits per heavy atom. The quantitative estimate of drug-likeness (QED) is 0.416. The van der Waals surface area contributed by atoms with Gasteiger partial charge in [-0.15, -0.1) is 0 Å². The van der Waals surface area contributed by atoms with Crippen molar-refractivity contribution in [1.29, 1.82) is 0 Å². The van der Waals surface area contributed by atoms with Crippen LogP contribution in [0, 0.1) is 0 Å². The average molecular weight is 380 g/mol. The number of morpholine rings is 1. The third-order valence-corrected chi connectivity index (χ3v) is 6.49. The number of nitrogens with zero attached hydrogens (tertiary/aromatic N) is 4. The van der Waals surface area contributed by atoms with Gasteiger partial charge in [-0.2, -0.15) is 0 Å². The van der Waals surface area contributed by atoms with Crippen LogP contribution < -0.4 is 5.32 Å². The molecule has 0 amide bonds. The molecule has 1 unspecified atom stereocenters. The van der Waals surface area contributed by atoms with Gasteiger partial charge >= 0.3 is 0 Å². The first-order valence-electron chi connectivity index (χ1n) is 11.3. The summed E-state index contributed by atoms with van der Waals surface area (Å²) < 4.78 is 5.51. The van der Waals surface area contributed by atoms with Crippen LogP contribution in [0.4, 0.5) is 0 Å². The van der Waals surface area contributed by atoms with Gasteiger partial charge in [0.15, 0.2) is 5.96 Å². The molecule has 3 rings (SSSR count). The number of aliphatic imine (C=N–C) groups is 1. The predicted octanol–water partition coefficient (Wildman–Crippen LogP) is 2.01. The van der Waals surface area contributed by atoms with Crippen molar-refractivity contribution in [1.82, 2.24) is 20.0 Å². The molecule has 0 aromatic rings. The van der Waals surface area contributed by atoms with E-state index in [1.54, 1.807) is 0 Å². The Kier molecular flexibility index (Phi) is 8.68. The standard InChI is InChI=1S/C21H41N5O/c1-3-22-21(23-11-7-12-24(2)19-8-5-4-6-9-19)26-13-10-20(18-26)25-14-16-27-17-15-25/h19-20H,3-18H2,1-2H3,(H,22,23). The van der Waals surface area contributed by atoms with Gasteiger partial charge in [-0.3, -0.25) is 9.89 Å². The molecule has 27 heavy (non-hydrogen) atoms. The summed E-state index contributed by atoms with van der Waals surface area (Å²) in [5.74, 6) is 1.12. The minimum atomic E-state index is 0.662. The minimum Gasteiger partial charge on any atom is -0.379 e. The number of ether oxygens (including phenoxy) is 1. The fourth-order valence-corrected chi connectivity index (χ4v) is 4.81. The highest BCUT2D eigenvalue weighted by atomic mass is 16.5. The smallest absolute Gasteiger partial charge is 0.193 e. The Bertz CT molecular complexity index is 446. The highest BCUT2D eigenvalue weighted by Gasteiger charge is 2.30. The monoisotopic (exact) mass is 379 g/mol. The van der Waals surface area contributed by atoms with E-state index in [9.17, 15) is 0 Å². The summed E-state index contributed by atoms with van der Waals surface area (Å²) in [7, 11) is 2.30. The van der Waals surface area contributed by atoms with Crippen molar-refractivity contribution in [3.05, 3.63) is 0 Å². The molecule has 3 fully saturated rings. The zero-order chi connectivity index (χ0) is 18.9. The van der Waals surface area contributed by atoms with Crippen molar-refractivity contribution in [2.45, 2.75) is 64.0 Å². The van der Waals surface area contributed by atoms with Crippen molar-refractivity contribution < 1.29 is 4.74 Å². The normalized spacial score (nSPS) is 26.1. The van der Waals surface area contributed by atoms with E-state index >= 15 is 0 Å². The van der Waals surface area contributed by atoms with Gasteiger partial charge in [0, 0.05) is 51.4 Å². The second-order valence-corrected chi connectivity index (χ2v) is 8.40. The molecule has 6 nitrogen and oxygen atoms in total. The van der Waals surface area contributed by atoms with Gasteiger partial charge in [0.25, 0.3) is 0 Å². The molecule has 156 valence electrons. The van der Waals surface area contributed by atoms with Crippen molar-refractivity contribution in [2.24, 2.45) is 4.99 Å². The maximum Gasteiger partial charge on any atom is 0.193 e. The fraction of sp³-hybridized carbons (Fsp3) is 0.952. The van der Waals surface area contributed by atoms with E-state index in [4.69, 9.17) is 9.73 Å². The molecule has 6 heteroatoms. The summed E-state index contributed by atoms with van der Waals surface area (Å²) in [6.45, 7) is 11.4. The van der Waals surface area contributed by atoms with Gasteiger partial charge in [0.05, 0.1) is 13.2 Å². The van der Waals surface area contributed by atoms with E-state index < -0.39 is 0 Å². The zero-order valence-electron chi connectivity index (χ0n) is 17.7. The topological polar surface area (TPSA) is 43.3 Å². The molecule has 2 heterocycles. The molecule has 0 aromatic carbocycles. The molecule has 1 atom stereocenters. The first kappa shape index (κ1) is 20.9. The van der Waals surface area contributed by atoms with Crippen LogP contribution in [0.3, 0.4) is 0 Å². The lowest BCUT2D eigenvalue weighted by molar-refractivity contribution is 0.0195. The van der Waals surface area contributed by atoms with Crippen LogP contribution >= 0.6 is 0 Å². The maximum absolute atomic E-state index is 5.51. The summed E-state index contributed by atoms with van der Waals surface area (Å²) in [6, 6.07) is 1.47. The van der Waals surface area contributed by atoms with Crippen LogP contribution in [0.1, 0.15) is 51.9 Å². The minimum absolute atomic E-state index is 0.662. The molecule has 0 bridgehead atoms. The number of hydrogen-bond donors (Lipinski definition) is 1. The summed E-state index contributed by atoms with van der Waals surface area (Å²) in [5, 5.41) is 3.52. The van der Waals surface area contributed by atoms with E-state index in [1.165, 1.54) is 45.1 Å². The molecule has 3 aliphatic rings. The highest BCUT2D eigenvalue weighted by Crippen LogP contribution is 2.21. The lowest BCUT2D eigenvalue weighted by atomic mass is 9.94. The number of hydrogen-bond acceptors (Lipinski definition) is 4. The summed E-state index contributed by atoms with van der Waals surface area (Å²) >= 11 is 0. The Labute approximate surface area is 166 Å². The van der Waals surface area contributed by atoms with Crippen LogP contribution in [0.2, 0.25) is 0 Å². The molecule has 0 spiro atoms. The first-order valence-corrected chi connectivity index (χ1v) is 11.3. The molecule has 1 N–H and O–H groups in total. The van der Waals surface area contributed by atoms with Crippen molar-refractivity contribution >= 4 is 5.96 Å². The SMILES string of the molecule is CCNC(=NCCCN(C)C1CCCCC1)N1CCC(N2CCOCC2)C1. The summed E-state index contributed by atoms with van der Waals surface area (Å²) in [5.41, 5.74) is 0. The Balaban J connectivity index is 1.42. The van der Waals surface area contributed by atoms with Crippen molar-refractivity contribution in [2.75, 3.05) is 66.1 Å². The van der Waals surface area contributed by atoms with Gasteiger partial charge in [-0.25, -0.2) is 0 Å². The molecule has 1 aliphatic carbocycles. The Morgan fingerprint density at radius 1 is 1.11 bits per heavy atom. The van der Waals surface area contributed by atoms with E-state index in [1.807, 2.05) is 0 Å². The summed E-state index contributed by atoms with van der Waals surface area (Å²) in [4.78, 5) is 12.6. The molecule has 2 saturated heterocycles. The van der Waals surface area contributed by atoms with Gasteiger partial charge in [-0.05, 0) is 46.2 Å². The van der Waals surface area contributed by atoms with Gasteiger partial charge < -0.3 is 19.9 Å². The van der Waals surface area contributed by atoms with Crippen LogP contribution in [-0.2, 0) is 4.74 Å². The third-order valence-electron chi connectivity index (χ3n) is 6.49. The second kappa shape index (κ2) is 11.2. The zero-order valence-corrected chi connectivity index (χ0v) is 17.7. The van der Waals surface area contributed by atoms with Crippen LogP contribution in [0.25, 0.3) is 0 Å². The number of likely N-dealkylation sites (tertiary alicyclic amines) is 1. The van der Waals surface area contributed by atoms with Gasteiger partial charge in [-0.1, -0.05) is 19.3 Å².